The van der Waals surface area contributed by atoms with Crippen molar-refractivity contribution in [1.82, 2.24) is 5.32 Å². The number of unbranched alkanes of at least 4 members (excludes halogenated alkanes) is 4. The molecule has 0 amide bonds. The highest BCUT2D eigenvalue weighted by molar-refractivity contribution is 5.29. The van der Waals surface area contributed by atoms with Gasteiger partial charge in [-0.25, -0.2) is 0 Å². The number of hydrogen-bond donors (Lipinski definition) is 1. The molecule has 0 atom stereocenters. The number of benzene rings is 2. The van der Waals surface area contributed by atoms with Gasteiger partial charge in [-0.15, -0.1) is 0 Å². The lowest BCUT2D eigenvalue weighted by Crippen LogP contribution is -2.13. The van der Waals surface area contributed by atoms with E-state index in [1.807, 2.05) is 32.0 Å². The van der Waals surface area contributed by atoms with Gasteiger partial charge in [0.2, 0.25) is 0 Å². The Morgan fingerprint density at radius 1 is 0.815 bits per heavy atom. The van der Waals surface area contributed by atoms with E-state index in [2.05, 4.69) is 42.6 Å². The molecule has 0 bridgehead atoms. The van der Waals surface area contributed by atoms with Crippen molar-refractivity contribution in [3.05, 3.63) is 59.7 Å². The summed E-state index contributed by atoms with van der Waals surface area (Å²) in [5.41, 5.74) is 2.50. The molecule has 0 fully saturated rings. The van der Waals surface area contributed by atoms with Gasteiger partial charge < -0.3 is 14.8 Å². The molecule has 0 saturated heterocycles. The Bertz CT molecular complexity index is 637. The van der Waals surface area contributed by atoms with Gasteiger partial charge in [0.1, 0.15) is 11.5 Å². The van der Waals surface area contributed by atoms with Gasteiger partial charge in [-0.05, 0) is 55.7 Å². The first-order valence-electron chi connectivity index (χ1n) is 10.4. The lowest BCUT2D eigenvalue weighted by molar-refractivity contribution is 0.242. The molecule has 0 radical (unpaired) electrons. The number of ether oxygens (including phenoxy) is 2. The molecule has 0 saturated carbocycles. The molecular formula is C24H35NO2. The molecule has 148 valence electrons. The molecule has 0 spiro atoms. The van der Waals surface area contributed by atoms with Crippen LogP contribution in [0.5, 0.6) is 11.5 Å². The van der Waals surface area contributed by atoms with E-state index in [4.69, 9.17) is 9.47 Å². The highest BCUT2D eigenvalue weighted by atomic mass is 16.5. The second-order valence-electron chi connectivity index (χ2n) is 7.32. The summed E-state index contributed by atoms with van der Waals surface area (Å²) in [7, 11) is 0. The Hall–Kier alpha value is -2.00. The Balaban J connectivity index is 1.69. The number of nitrogens with one attached hydrogen (secondary N) is 1. The predicted octanol–water partition coefficient (Wildman–Crippen LogP) is 6.11. The normalized spacial score (nSPS) is 11.0. The fourth-order valence-electron chi connectivity index (χ4n) is 2.95. The van der Waals surface area contributed by atoms with Crippen LogP contribution in [0.3, 0.4) is 0 Å². The largest absolute Gasteiger partial charge is 0.494 e. The van der Waals surface area contributed by atoms with Gasteiger partial charge in [0.25, 0.3) is 0 Å². The van der Waals surface area contributed by atoms with Gasteiger partial charge in [-0.2, -0.15) is 0 Å². The Labute approximate surface area is 165 Å². The third-order valence-corrected chi connectivity index (χ3v) is 4.37. The zero-order chi connectivity index (χ0) is 19.3. The van der Waals surface area contributed by atoms with Crippen LogP contribution in [0, 0.1) is 0 Å². The molecule has 1 N–H and O–H groups in total. The first-order valence-corrected chi connectivity index (χ1v) is 10.4. The molecule has 0 unspecified atom stereocenters. The van der Waals surface area contributed by atoms with E-state index >= 15 is 0 Å². The van der Waals surface area contributed by atoms with Crippen molar-refractivity contribution in [2.75, 3.05) is 6.61 Å². The van der Waals surface area contributed by atoms with Crippen LogP contribution in [-0.2, 0) is 13.1 Å². The van der Waals surface area contributed by atoms with Crippen molar-refractivity contribution < 1.29 is 9.47 Å². The molecule has 0 heterocycles. The zero-order valence-electron chi connectivity index (χ0n) is 17.2. The molecule has 0 aliphatic heterocycles. The molecule has 0 aliphatic rings. The Morgan fingerprint density at radius 2 is 1.56 bits per heavy atom. The minimum Gasteiger partial charge on any atom is -0.494 e. The van der Waals surface area contributed by atoms with Gasteiger partial charge in [-0.1, -0.05) is 56.9 Å². The van der Waals surface area contributed by atoms with E-state index in [0.717, 1.165) is 37.6 Å². The minimum absolute atomic E-state index is 0.208. The summed E-state index contributed by atoms with van der Waals surface area (Å²) in [4.78, 5) is 0. The van der Waals surface area contributed by atoms with E-state index in [1.165, 1.54) is 36.8 Å². The van der Waals surface area contributed by atoms with E-state index in [0.29, 0.717) is 0 Å². The fraction of sp³-hybridized carbons (Fsp3) is 0.500. The Kier molecular flexibility index (Phi) is 9.78. The monoisotopic (exact) mass is 369 g/mol. The minimum atomic E-state index is 0.208. The number of hydrogen-bond acceptors (Lipinski definition) is 3. The van der Waals surface area contributed by atoms with Gasteiger partial charge in [-0.3, -0.25) is 0 Å². The first kappa shape index (κ1) is 21.3. The van der Waals surface area contributed by atoms with Gasteiger partial charge >= 0.3 is 0 Å². The van der Waals surface area contributed by atoms with Crippen molar-refractivity contribution in [3.8, 4) is 11.5 Å². The van der Waals surface area contributed by atoms with E-state index in [1.54, 1.807) is 0 Å². The lowest BCUT2D eigenvalue weighted by atomic mass is 10.1. The Morgan fingerprint density at radius 3 is 2.30 bits per heavy atom. The predicted molar refractivity (Wildman–Crippen MR) is 113 cm³/mol. The molecule has 3 nitrogen and oxygen atoms in total. The quantitative estimate of drug-likeness (QED) is 0.432. The van der Waals surface area contributed by atoms with Gasteiger partial charge in [0, 0.05) is 13.1 Å². The lowest BCUT2D eigenvalue weighted by Gasteiger charge is -2.11. The van der Waals surface area contributed by atoms with Crippen molar-refractivity contribution >= 4 is 0 Å². The van der Waals surface area contributed by atoms with Crippen LogP contribution in [0.4, 0.5) is 0 Å². The summed E-state index contributed by atoms with van der Waals surface area (Å²) in [6.45, 7) is 8.81. The van der Waals surface area contributed by atoms with Crippen LogP contribution < -0.4 is 14.8 Å². The molecule has 2 aromatic carbocycles. The average molecular weight is 370 g/mol. The maximum Gasteiger partial charge on any atom is 0.119 e. The van der Waals surface area contributed by atoms with E-state index in [9.17, 15) is 0 Å². The van der Waals surface area contributed by atoms with E-state index < -0.39 is 0 Å². The van der Waals surface area contributed by atoms with Gasteiger partial charge in [0.05, 0.1) is 12.7 Å². The summed E-state index contributed by atoms with van der Waals surface area (Å²) in [6.07, 6.45) is 6.53. The molecule has 0 aliphatic carbocycles. The summed E-state index contributed by atoms with van der Waals surface area (Å²) in [6, 6.07) is 16.7. The highest BCUT2D eigenvalue weighted by Crippen LogP contribution is 2.16. The molecule has 27 heavy (non-hydrogen) atoms. The van der Waals surface area contributed by atoms with Crippen LogP contribution in [0.15, 0.2) is 48.5 Å². The summed E-state index contributed by atoms with van der Waals surface area (Å²) >= 11 is 0. The maximum atomic E-state index is 5.89. The fourth-order valence-corrected chi connectivity index (χ4v) is 2.95. The van der Waals surface area contributed by atoms with Crippen molar-refractivity contribution in [2.45, 2.75) is 72.1 Å². The molecule has 3 heteroatoms. The molecular weight excluding hydrogens is 334 g/mol. The van der Waals surface area contributed by atoms with Crippen molar-refractivity contribution in [2.24, 2.45) is 0 Å². The SMILES string of the molecule is CCCCCCCOc1cccc(CNCc2ccc(OC(C)C)cc2)c1. The van der Waals surface area contributed by atoms with Crippen molar-refractivity contribution in [1.29, 1.82) is 0 Å². The van der Waals surface area contributed by atoms with E-state index in [-0.39, 0.29) is 6.10 Å². The van der Waals surface area contributed by atoms with Crippen LogP contribution in [-0.4, -0.2) is 12.7 Å². The zero-order valence-corrected chi connectivity index (χ0v) is 17.2. The standard InChI is InChI=1S/C24H35NO2/c1-4-5-6-7-8-16-26-24-11-9-10-22(17-24)19-25-18-21-12-14-23(15-13-21)27-20(2)3/h9-15,17,20,25H,4-8,16,18-19H2,1-3H3. The maximum absolute atomic E-state index is 5.89. The van der Waals surface area contributed by atoms with Crippen LogP contribution in [0.1, 0.15) is 64.0 Å². The van der Waals surface area contributed by atoms with Crippen LogP contribution in [0.2, 0.25) is 0 Å². The molecule has 0 aromatic heterocycles. The second kappa shape index (κ2) is 12.4. The van der Waals surface area contributed by atoms with Crippen LogP contribution in [0.25, 0.3) is 0 Å². The summed E-state index contributed by atoms with van der Waals surface area (Å²) in [5.74, 6) is 1.90. The van der Waals surface area contributed by atoms with Crippen LogP contribution >= 0.6 is 0 Å². The summed E-state index contributed by atoms with van der Waals surface area (Å²) in [5, 5.41) is 3.50. The average Bonchev–Trinajstić information content (AvgIpc) is 2.66. The third kappa shape index (κ3) is 8.96. The third-order valence-electron chi connectivity index (χ3n) is 4.37. The topological polar surface area (TPSA) is 30.5 Å². The van der Waals surface area contributed by atoms with Gasteiger partial charge in [0.15, 0.2) is 0 Å². The van der Waals surface area contributed by atoms with Crippen molar-refractivity contribution in [3.63, 3.8) is 0 Å². The first-order chi connectivity index (χ1) is 13.2. The highest BCUT2D eigenvalue weighted by Gasteiger charge is 2.00. The smallest absolute Gasteiger partial charge is 0.119 e. The second-order valence-corrected chi connectivity index (χ2v) is 7.32. The number of rotatable bonds is 13. The molecule has 2 rings (SSSR count). The molecule has 2 aromatic rings. The summed E-state index contributed by atoms with van der Waals surface area (Å²) < 4.78 is 11.6.